The summed E-state index contributed by atoms with van der Waals surface area (Å²) in [6.07, 6.45) is 7.08. The first-order chi connectivity index (χ1) is 11.6. The van der Waals surface area contributed by atoms with Gasteiger partial charge in [-0.25, -0.2) is 4.39 Å². The predicted molar refractivity (Wildman–Crippen MR) is 92.2 cm³/mol. The van der Waals surface area contributed by atoms with Gasteiger partial charge in [0.25, 0.3) is 0 Å². The van der Waals surface area contributed by atoms with Crippen LogP contribution in [0.15, 0.2) is 24.3 Å². The van der Waals surface area contributed by atoms with Gasteiger partial charge in [0.05, 0.1) is 6.04 Å². The third-order valence-electron chi connectivity index (χ3n) is 6.36. The van der Waals surface area contributed by atoms with Crippen molar-refractivity contribution in [1.29, 1.82) is 0 Å². The molecule has 5 atom stereocenters. The summed E-state index contributed by atoms with van der Waals surface area (Å²) in [6, 6.07) is 7.59. The molecular formula is C20H27FN2O. The lowest BCUT2D eigenvalue weighted by atomic mass is 9.85. The molecule has 5 unspecified atom stereocenters. The maximum absolute atomic E-state index is 13.1. The molecule has 1 N–H and O–H groups in total. The first kappa shape index (κ1) is 16.1. The fraction of sp³-hybridized carbons (Fsp3) is 0.650. The molecule has 1 amide bonds. The fourth-order valence-corrected chi connectivity index (χ4v) is 5.03. The van der Waals surface area contributed by atoms with Crippen molar-refractivity contribution in [2.75, 3.05) is 6.54 Å². The summed E-state index contributed by atoms with van der Waals surface area (Å²) in [6.45, 7) is 2.91. The molecule has 24 heavy (non-hydrogen) atoms. The van der Waals surface area contributed by atoms with E-state index >= 15 is 0 Å². The Morgan fingerprint density at radius 2 is 1.92 bits per heavy atom. The van der Waals surface area contributed by atoms with Crippen molar-refractivity contribution >= 4 is 5.91 Å². The van der Waals surface area contributed by atoms with Gasteiger partial charge in [-0.1, -0.05) is 25.0 Å². The van der Waals surface area contributed by atoms with Crippen molar-refractivity contribution in [2.45, 2.75) is 69.5 Å². The Hall–Kier alpha value is -1.42. The van der Waals surface area contributed by atoms with Crippen LogP contribution in [-0.4, -0.2) is 35.5 Å². The summed E-state index contributed by atoms with van der Waals surface area (Å²) < 4.78 is 13.1. The molecule has 2 heterocycles. The Morgan fingerprint density at radius 1 is 1.17 bits per heavy atom. The van der Waals surface area contributed by atoms with Crippen molar-refractivity contribution in [3.8, 4) is 0 Å². The fourth-order valence-electron chi connectivity index (χ4n) is 5.03. The highest BCUT2D eigenvalue weighted by Crippen LogP contribution is 2.36. The van der Waals surface area contributed by atoms with Crippen molar-refractivity contribution in [2.24, 2.45) is 5.92 Å². The highest BCUT2D eigenvalue weighted by Gasteiger charge is 2.42. The van der Waals surface area contributed by atoms with Crippen LogP contribution in [0.2, 0.25) is 0 Å². The maximum atomic E-state index is 13.1. The van der Waals surface area contributed by atoms with Crippen molar-refractivity contribution in [3.05, 3.63) is 35.6 Å². The topological polar surface area (TPSA) is 32.3 Å². The zero-order chi connectivity index (χ0) is 16.7. The first-order valence-corrected chi connectivity index (χ1v) is 9.44. The minimum atomic E-state index is -0.199. The molecule has 1 aromatic rings. The number of hydrogen-bond donors (Lipinski definition) is 1. The number of likely N-dealkylation sites (tertiary alicyclic amines) is 1. The van der Waals surface area contributed by atoms with E-state index in [1.54, 1.807) is 0 Å². The van der Waals surface area contributed by atoms with Crippen LogP contribution in [0.4, 0.5) is 4.39 Å². The van der Waals surface area contributed by atoms with Gasteiger partial charge in [-0.2, -0.15) is 0 Å². The highest BCUT2D eigenvalue weighted by molar-refractivity contribution is 5.83. The summed E-state index contributed by atoms with van der Waals surface area (Å²) in [5.41, 5.74) is 1.15. The van der Waals surface area contributed by atoms with Crippen molar-refractivity contribution in [3.63, 3.8) is 0 Å². The van der Waals surface area contributed by atoms with E-state index in [0.29, 0.717) is 17.9 Å². The molecule has 3 aliphatic rings. The first-order valence-electron chi connectivity index (χ1n) is 9.44. The molecule has 1 aromatic carbocycles. The minimum absolute atomic E-state index is 0.00696. The van der Waals surface area contributed by atoms with Crippen LogP contribution in [0, 0.1) is 11.7 Å². The molecule has 4 rings (SSSR count). The molecule has 1 saturated carbocycles. The third kappa shape index (κ3) is 2.97. The molecule has 2 saturated heterocycles. The zero-order valence-electron chi connectivity index (χ0n) is 14.4. The number of amides is 1. The second kappa shape index (κ2) is 6.47. The molecule has 1 aliphatic carbocycles. The van der Waals surface area contributed by atoms with Crippen LogP contribution in [0.3, 0.4) is 0 Å². The SMILES string of the molecule is CC1CC(c2ccc(F)cc2)CN1C(=O)C1CC2CCCCC2N1. The molecule has 0 aromatic heterocycles. The minimum Gasteiger partial charge on any atom is -0.338 e. The molecule has 130 valence electrons. The van der Waals surface area contributed by atoms with Gasteiger partial charge in [0.2, 0.25) is 5.91 Å². The maximum Gasteiger partial charge on any atom is 0.239 e. The number of nitrogens with zero attached hydrogens (tertiary/aromatic N) is 1. The van der Waals surface area contributed by atoms with Gasteiger partial charge in [-0.05, 0) is 56.2 Å². The van der Waals surface area contributed by atoms with Crippen LogP contribution in [-0.2, 0) is 4.79 Å². The molecule has 3 nitrogen and oxygen atoms in total. The van der Waals surface area contributed by atoms with E-state index in [9.17, 15) is 9.18 Å². The third-order valence-corrected chi connectivity index (χ3v) is 6.36. The number of hydrogen-bond acceptors (Lipinski definition) is 2. The molecular weight excluding hydrogens is 303 g/mol. The summed E-state index contributed by atoms with van der Waals surface area (Å²) >= 11 is 0. The van der Waals surface area contributed by atoms with E-state index in [0.717, 1.165) is 24.9 Å². The molecule has 3 fully saturated rings. The number of halogens is 1. The van der Waals surface area contributed by atoms with E-state index < -0.39 is 0 Å². The summed E-state index contributed by atoms with van der Waals surface area (Å²) in [5.74, 6) is 1.10. The summed E-state index contributed by atoms with van der Waals surface area (Å²) in [7, 11) is 0. The second-order valence-electron chi connectivity index (χ2n) is 7.93. The number of rotatable bonds is 2. The van der Waals surface area contributed by atoms with Crippen molar-refractivity contribution < 1.29 is 9.18 Å². The highest BCUT2D eigenvalue weighted by atomic mass is 19.1. The monoisotopic (exact) mass is 330 g/mol. The number of nitrogens with one attached hydrogen (secondary N) is 1. The number of benzene rings is 1. The Kier molecular flexibility index (Phi) is 4.33. The van der Waals surface area contributed by atoms with Crippen LogP contribution < -0.4 is 5.32 Å². The molecule has 0 spiro atoms. The van der Waals surface area contributed by atoms with Gasteiger partial charge < -0.3 is 10.2 Å². The van der Waals surface area contributed by atoms with E-state index in [4.69, 9.17) is 0 Å². The van der Waals surface area contributed by atoms with Crippen LogP contribution in [0.1, 0.15) is 56.9 Å². The van der Waals surface area contributed by atoms with Gasteiger partial charge in [-0.3, -0.25) is 4.79 Å². The Morgan fingerprint density at radius 3 is 2.67 bits per heavy atom. The molecule has 4 heteroatoms. The van der Waals surface area contributed by atoms with Gasteiger partial charge in [0.15, 0.2) is 0 Å². The molecule has 0 bridgehead atoms. The van der Waals surface area contributed by atoms with E-state index in [2.05, 4.69) is 17.1 Å². The Labute approximate surface area is 143 Å². The molecule has 2 aliphatic heterocycles. The smallest absolute Gasteiger partial charge is 0.239 e. The number of carbonyl (C=O) groups is 1. The lowest BCUT2D eigenvalue weighted by Gasteiger charge is -2.26. The molecule has 0 radical (unpaired) electrons. The van der Waals surface area contributed by atoms with Gasteiger partial charge in [0.1, 0.15) is 5.82 Å². The normalized spacial score (nSPS) is 35.9. The van der Waals surface area contributed by atoms with E-state index in [1.807, 2.05) is 12.1 Å². The summed E-state index contributed by atoms with van der Waals surface area (Å²) in [5, 5.41) is 3.61. The van der Waals surface area contributed by atoms with Crippen LogP contribution in [0.5, 0.6) is 0 Å². The zero-order valence-corrected chi connectivity index (χ0v) is 14.4. The predicted octanol–water partition coefficient (Wildman–Crippen LogP) is 3.45. The number of fused-ring (bicyclic) bond motifs is 1. The van der Waals surface area contributed by atoms with E-state index in [-0.39, 0.29) is 23.8 Å². The second-order valence-corrected chi connectivity index (χ2v) is 7.93. The summed E-state index contributed by atoms with van der Waals surface area (Å²) in [4.78, 5) is 15.1. The average Bonchev–Trinajstić information content (AvgIpc) is 3.18. The van der Waals surface area contributed by atoms with Gasteiger partial charge in [-0.15, -0.1) is 0 Å². The quantitative estimate of drug-likeness (QED) is 0.901. The lowest BCUT2D eigenvalue weighted by molar-refractivity contribution is -0.133. The largest absolute Gasteiger partial charge is 0.338 e. The average molecular weight is 330 g/mol. The number of carbonyl (C=O) groups excluding carboxylic acids is 1. The van der Waals surface area contributed by atoms with Gasteiger partial charge in [0, 0.05) is 24.5 Å². The van der Waals surface area contributed by atoms with Gasteiger partial charge >= 0.3 is 0 Å². The Bertz CT molecular complexity index is 588. The van der Waals surface area contributed by atoms with E-state index in [1.165, 1.54) is 37.8 Å². The lowest BCUT2D eigenvalue weighted by Crippen LogP contribution is -2.46. The van der Waals surface area contributed by atoms with Crippen LogP contribution in [0.25, 0.3) is 0 Å². The Balaban J connectivity index is 1.42. The van der Waals surface area contributed by atoms with Crippen molar-refractivity contribution in [1.82, 2.24) is 10.2 Å². The van der Waals surface area contributed by atoms with Crippen LogP contribution >= 0.6 is 0 Å². The standard InChI is InChI=1S/C20H27FN2O/c1-13-10-16(14-6-8-17(21)9-7-14)12-23(13)20(24)19-11-15-4-2-3-5-18(15)22-19/h6-9,13,15-16,18-19,22H,2-5,10-12H2,1H3.